The number of carbonyl (C=O) groups excluding carboxylic acids is 1. The van der Waals surface area contributed by atoms with E-state index in [9.17, 15) is 4.79 Å². The number of rotatable bonds is 4. The third-order valence-corrected chi connectivity index (χ3v) is 4.28. The molecule has 0 heterocycles. The van der Waals surface area contributed by atoms with Crippen LogP contribution in [0.4, 0.5) is 0 Å². The maximum atomic E-state index is 11.6. The Morgan fingerprint density at radius 1 is 1.18 bits per heavy atom. The quantitative estimate of drug-likeness (QED) is 0.571. The van der Waals surface area contributed by atoms with Gasteiger partial charge in [-0.1, -0.05) is 28.8 Å². The molecule has 0 aromatic rings. The lowest BCUT2D eigenvalue weighted by atomic mass is 9.81. The lowest BCUT2D eigenvalue weighted by Crippen LogP contribution is -2.24. The van der Waals surface area contributed by atoms with Crippen LogP contribution in [0.2, 0.25) is 0 Å². The summed E-state index contributed by atoms with van der Waals surface area (Å²) in [5.74, 6) is 1.55. The van der Waals surface area contributed by atoms with Crippen LogP contribution >= 0.6 is 15.9 Å². The van der Waals surface area contributed by atoms with E-state index in [1.54, 1.807) is 0 Å². The van der Waals surface area contributed by atoms with Gasteiger partial charge in [0.15, 0.2) is 0 Å². The van der Waals surface area contributed by atoms with E-state index in [0.717, 1.165) is 23.6 Å². The van der Waals surface area contributed by atoms with Gasteiger partial charge in [-0.3, -0.25) is 4.79 Å². The zero-order valence-corrected chi connectivity index (χ0v) is 12.9. The zero-order chi connectivity index (χ0) is 12.9. The standard InChI is InChI=1S/C14H25BrO2/c1-14(2,3)17-13(16)9-8-11-4-6-12(10-15)7-5-11/h11-12H,4-10H2,1-3H3. The molecule has 100 valence electrons. The first kappa shape index (κ1) is 15.0. The molecule has 17 heavy (non-hydrogen) atoms. The molecule has 1 fully saturated rings. The van der Waals surface area contributed by atoms with Gasteiger partial charge in [-0.15, -0.1) is 0 Å². The molecule has 0 atom stereocenters. The lowest BCUT2D eigenvalue weighted by molar-refractivity contribution is -0.155. The van der Waals surface area contributed by atoms with Crippen molar-refractivity contribution in [1.82, 2.24) is 0 Å². The van der Waals surface area contributed by atoms with Crippen LogP contribution in [0.15, 0.2) is 0 Å². The molecule has 0 saturated heterocycles. The predicted molar refractivity (Wildman–Crippen MR) is 74.3 cm³/mol. The maximum Gasteiger partial charge on any atom is 0.306 e. The van der Waals surface area contributed by atoms with Crippen molar-refractivity contribution < 1.29 is 9.53 Å². The molecule has 0 aliphatic heterocycles. The predicted octanol–water partition coefficient (Wildman–Crippen LogP) is 4.31. The van der Waals surface area contributed by atoms with Gasteiger partial charge in [-0.05, 0) is 51.9 Å². The third kappa shape index (κ3) is 6.44. The Hall–Kier alpha value is -0.0500. The molecule has 0 aromatic carbocycles. The van der Waals surface area contributed by atoms with E-state index in [-0.39, 0.29) is 11.6 Å². The first-order valence-electron chi connectivity index (χ1n) is 6.68. The second kappa shape index (κ2) is 6.77. The molecular formula is C14H25BrO2. The minimum atomic E-state index is -0.343. The highest BCUT2D eigenvalue weighted by atomic mass is 79.9. The molecule has 0 aromatic heterocycles. The summed E-state index contributed by atoms with van der Waals surface area (Å²) in [7, 11) is 0. The van der Waals surface area contributed by atoms with E-state index < -0.39 is 0 Å². The molecule has 1 saturated carbocycles. The van der Waals surface area contributed by atoms with Crippen LogP contribution in [0.25, 0.3) is 0 Å². The van der Waals surface area contributed by atoms with Crippen LogP contribution in [0, 0.1) is 11.8 Å². The van der Waals surface area contributed by atoms with Crippen LogP contribution in [0.3, 0.4) is 0 Å². The normalized spacial score (nSPS) is 25.6. The van der Waals surface area contributed by atoms with E-state index in [4.69, 9.17) is 4.74 Å². The van der Waals surface area contributed by atoms with E-state index >= 15 is 0 Å². The van der Waals surface area contributed by atoms with Gasteiger partial charge in [-0.2, -0.15) is 0 Å². The molecule has 1 rings (SSSR count). The van der Waals surface area contributed by atoms with Crippen molar-refractivity contribution in [2.75, 3.05) is 5.33 Å². The largest absolute Gasteiger partial charge is 0.460 e. The number of esters is 1. The molecule has 0 spiro atoms. The number of halogens is 1. The molecular weight excluding hydrogens is 280 g/mol. The molecule has 2 nitrogen and oxygen atoms in total. The van der Waals surface area contributed by atoms with Crippen molar-refractivity contribution in [2.24, 2.45) is 11.8 Å². The summed E-state index contributed by atoms with van der Waals surface area (Å²) in [4.78, 5) is 11.6. The average Bonchev–Trinajstić information content (AvgIpc) is 2.25. The van der Waals surface area contributed by atoms with E-state index in [1.807, 2.05) is 20.8 Å². The van der Waals surface area contributed by atoms with Crippen molar-refractivity contribution in [2.45, 2.75) is 64.9 Å². The molecule has 0 N–H and O–H groups in total. The number of hydrogen-bond acceptors (Lipinski definition) is 2. The van der Waals surface area contributed by atoms with Crippen molar-refractivity contribution in [3.05, 3.63) is 0 Å². The van der Waals surface area contributed by atoms with E-state index in [2.05, 4.69) is 15.9 Å². The summed E-state index contributed by atoms with van der Waals surface area (Å²) in [6.45, 7) is 5.77. The summed E-state index contributed by atoms with van der Waals surface area (Å²) in [5, 5.41) is 1.13. The average molecular weight is 305 g/mol. The summed E-state index contributed by atoms with van der Waals surface area (Å²) in [5.41, 5.74) is -0.343. The lowest BCUT2D eigenvalue weighted by Gasteiger charge is -2.27. The first-order chi connectivity index (χ1) is 7.90. The second-order valence-corrected chi connectivity index (χ2v) is 6.81. The van der Waals surface area contributed by atoms with Crippen molar-refractivity contribution in [3.8, 4) is 0 Å². The van der Waals surface area contributed by atoms with Gasteiger partial charge >= 0.3 is 5.97 Å². The molecule has 1 aliphatic rings. The molecule has 1 aliphatic carbocycles. The SMILES string of the molecule is CC(C)(C)OC(=O)CCC1CCC(CBr)CC1. The van der Waals surface area contributed by atoms with Crippen molar-refractivity contribution in [3.63, 3.8) is 0 Å². The minimum absolute atomic E-state index is 0.0416. The van der Waals surface area contributed by atoms with Gasteiger partial charge in [0.2, 0.25) is 0 Å². The van der Waals surface area contributed by atoms with Crippen molar-refractivity contribution >= 4 is 21.9 Å². The van der Waals surface area contributed by atoms with Crippen LogP contribution in [-0.4, -0.2) is 16.9 Å². The Morgan fingerprint density at radius 2 is 1.71 bits per heavy atom. The molecule has 0 unspecified atom stereocenters. The van der Waals surface area contributed by atoms with Crippen LogP contribution in [0.5, 0.6) is 0 Å². The fourth-order valence-electron chi connectivity index (χ4n) is 2.39. The summed E-state index contributed by atoms with van der Waals surface area (Å²) in [6.07, 6.45) is 6.76. The summed E-state index contributed by atoms with van der Waals surface area (Å²) in [6, 6.07) is 0. The third-order valence-electron chi connectivity index (χ3n) is 3.36. The van der Waals surface area contributed by atoms with Crippen LogP contribution < -0.4 is 0 Å². The molecule has 0 bridgehead atoms. The fourth-order valence-corrected chi connectivity index (χ4v) is 3.04. The van der Waals surface area contributed by atoms with E-state index in [0.29, 0.717) is 6.42 Å². The zero-order valence-electron chi connectivity index (χ0n) is 11.3. The van der Waals surface area contributed by atoms with Gasteiger partial charge < -0.3 is 4.74 Å². The Labute approximate surface area is 114 Å². The number of alkyl halides is 1. The number of carbonyl (C=O) groups is 1. The number of ether oxygens (including phenoxy) is 1. The fraction of sp³-hybridized carbons (Fsp3) is 0.929. The summed E-state index contributed by atoms with van der Waals surface area (Å²) < 4.78 is 5.32. The highest BCUT2D eigenvalue weighted by Gasteiger charge is 2.22. The molecule has 0 radical (unpaired) electrons. The second-order valence-electron chi connectivity index (χ2n) is 6.17. The van der Waals surface area contributed by atoms with Gasteiger partial charge in [0.1, 0.15) is 5.60 Å². The van der Waals surface area contributed by atoms with Gasteiger partial charge in [0, 0.05) is 11.8 Å². The Bertz CT molecular complexity index is 237. The minimum Gasteiger partial charge on any atom is -0.460 e. The van der Waals surface area contributed by atoms with E-state index in [1.165, 1.54) is 25.7 Å². The van der Waals surface area contributed by atoms with Crippen LogP contribution in [-0.2, 0) is 9.53 Å². The van der Waals surface area contributed by atoms with Gasteiger partial charge in [0.25, 0.3) is 0 Å². The number of hydrogen-bond donors (Lipinski definition) is 0. The smallest absolute Gasteiger partial charge is 0.306 e. The Balaban J connectivity index is 2.17. The Kier molecular flexibility index (Phi) is 5.98. The monoisotopic (exact) mass is 304 g/mol. The molecule has 3 heteroatoms. The Morgan fingerprint density at radius 3 is 2.18 bits per heavy atom. The van der Waals surface area contributed by atoms with Crippen molar-refractivity contribution in [1.29, 1.82) is 0 Å². The topological polar surface area (TPSA) is 26.3 Å². The first-order valence-corrected chi connectivity index (χ1v) is 7.80. The molecule has 0 amide bonds. The summed E-state index contributed by atoms with van der Waals surface area (Å²) >= 11 is 3.55. The highest BCUT2D eigenvalue weighted by Crippen LogP contribution is 2.32. The van der Waals surface area contributed by atoms with Gasteiger partial charge in [0.05, 0.1) is 0 Å². The van der Waals surface area contributed by atoms with Gasteiger partial charge in [-0.25, -0.2) is 0 Å². The van der Waals surface area contributed by atoms with Crippen LogP contribution in [0.1, 0.15) is 59.3 Å². The maximum absolute atomic E-state index is 11.6. The highest BCUT2D eigenvalue weighted by molar-refractivity contribution is 9.09.